The largest absolute Gasteiger partial charge is 0.455 e. The highest BCUT2D eigenvalue weighted by Crippen LogP contribution is 2.60. The molecule has 49 heavy (non-hydrogen) atoms. The predicted octanol–water partition coefficient (Wildman–Crippen LogP) is 4.09. The number of methoxy groups -OCH3 is 1. The van der Waals surface area contributed by atoms with Gasteiger partial charge in [0.2, 0.25) is 17.7 Å². The van der Waals surface area contributed by atoms with E-state index in [2.05, 4.69) is 41.3 Å². The number of amides is 3. The van der Waals surface area contributed by atoms with Gasteiger partial charge in [0.15, 0.2) is 0 Å². The van der Waals surface area contributed by atoms with Crippen LogP contribution in [-0.4, -0.2) is 107 Å². The molecular weight excluding hydrogens is 694 g/mol. The quantitative estimate of drug-likeness (QED) is 0.0832. The SMILES string of the molecule is C=CCCC(=O)N[C@@H](COC)[C@@H](OC(=O)[C@@H]1[C@H]2O[C@@]3(CC2Br)[C@H](C(=O)N(CC=C)CCCC)N(CCCCCO)C(=O)[C@@H]13)c1ccccc1. The molecule has 1 aromatic carbocycles. The third-order valence-electron chi connectivity index (χ3n) is 9.80. The van der Waals surface area contributed by atoms with Crippen LogP contribution in [0.15, 0.2) is 55.6 Å². The van der Waals surface area contributed by atoms with Gasteiger partial charge in [-0.3, -0.25) is 19.2 Å². The van der Waals surface area contributed by atoms with Crippen molar-refractivity contribution < 1.29 is 38.5 Å². The molecule has 2 N–H and O–H groups in total. The van der Waals surface area contributed by atoms with Crippen LogP contribution in [0.1, 0.15) is 70.0 Å². The van der Waals surface area contributed by atoms with Crippen molar-refractivity contribution in [1.82, 2.24) is 15.1 Å². The van der Waals surface area contributed by atoms with Crippen LogP contribution < -0.4 is 5.32 Å². The third kappa shape index (κ3) is 8.46. The number of carbonyl (C=O) groups excluding carboxylic acids is 4. The van der Waals surface area contributed by atoms with E-state index in [1.807, 2.05) is 30.3 Å². The zero-order chi connectivity index (χ0) is 35.6. The molecule has 3 aliphatic heterocycles. The fourth-order valence-corrected chi connectivity index (χ4v) is 8.53. The smallest absolute Gasteiger partial charge is 0.313 e. The molecule has 0 aromatic heterocycles. The molecule has 8 atom stereocenters. The second kappa shape index (κ2) is 18.3. The highest BCUT2D eigenvalue weighted by atomic mass is 79.9. The van der Waals surface area contributed by atoms with Crippen LogP contribution >= 0.6 is 15.9 Å². The molecule has 3 heterocycles. The molecule has 270 valence electrons. The van der Waals surface area contributed by atoms with E-state index in [9.17, 15) is 24.3 Å². The minimum absolute atomic E-state index is 0.0400. The number of ether oxygens (including phenoxy) is 3. The molecule has 3 amide bonds. The minimum Gasteiger partial charge on any atom is -0.455 e. The summed E-state index contributed by atoms with van der Waals surface area (Å²) < 4.78 is 18.5. The van der Waals surface area contributed by atoms with E-state index in [0.29, 0.717) is 57.3 Å². The van der Waals surface area contributed by atoms with E-state index in [4.69, 9.17) is 14.2 Å². The van der Waals surface area contributed by atoms with Gasteiger partial charge in [0.05, 0.1) is 30.6 Å². The number of unbranched alkanes of at least 4 members (excludes halogenated alkanes) is 3. The van der Waals surface area contributed by atoms with Gasteiger partial charge in [-0.2, -0.15) is 0 Å². The maximum atomic E-state index is 14.5. The molecule has 11 nitrogen and oxygen atoms in total. The topological polar surface area (TPSA) is 135 Å². The highest BCUT2D eigenvalue weighted by molar-refractivity contribution is 9.09. The zero-order valence-electron chi connectivity index (χ0n) is 28.8. The molecule has 1 spiro atoms. The second-order valence-electron chi connectivity index (χ2n) is 13.1. The summed E-state index contributed by atoms with van der Waals surface area (Å²) in [6, 6.07) is 7.48. The van der Waals surface area contributed by atoms with Crippen molar-refractivity contribution in [3.63, 3.8) is 0 Å². The first-order valence-corrected chi connectivity index (χ1v) is 18.4. The van der Waals surface area contributed by atoms with Gasteiger partial charge in [0.1, 0.15) is 17.7 Å². The summed E-state index contributed by atoms with van der Waals surface area (Å²) in [5, 5.41) is 12.3. The maximum Gasteiger partial charge on any atom is 0.313 e. The van der Waals surface area contributed by atoms with Crippen molar-refractivity contribution in [3.8, 4) is 0 Å². The van der Waals surface area contributed by atoms with Crippen molar-refractivity contribution in [1.29, 1.82) is 0 Å². The Morgan fingerprint density at radius 1 is 1.18 bits per heavy atom. The standard InChI is InChI=1S/C37H52BrN3O8/c1-5-8-18-28(43)39-27(24-47-4)31(25-16-12-10-13-17-25)48-36(46)29-30-34(44)41(21-14-11-15-22-42)33(37(30)23-26(38)32(29)49-37)35(45)40(19-7-3)20-9-6-2/h5,7,10,12-13,16-17,26-27,29-33,42H,1,3,6,8-9,11,14-15,18-24H2,2,4H3,(H,39,43)/t26?,27-,29-,30+,31-,32-,33-,37+/m0/s1. The lowest BCUT2D eigenvalue weighted by molar-refractivity contribution is -0.163. The van der Waals surface area contributed by atoms with Crippen LogP contribution in [0.25, 0.3) is 0 Å². The van der Waals surface area contributed by atoms with E-state index in [1.54, 1.807) is 22.0 Å². The number of alkyl halides is 1. The van der Waals surface area contributed by atoms with Crippen LogP contribution in [0.4, 0.5) is 0 Å². The molecular formula is C37H52BrN3O8. The van der Waals surface area contributed by atoms with Gasteiger partial charge in [0.25, 0.3) is 0 Å². The van der Waals surface area contributed by atoms with Gasteiger partial charge in [-0.1, -0.05) is 71.8 Å². The fourth-order valence-electron chi connectivity index (χ4n) is 7.58. The Morgan fingerprint density at radius 2 is 1.94 bits per heavy atom. The van der Waals surface area contributed by atoms with Crippen LogP contribution in [0, 0.1) is 11.8 Å². The number of aliphatic hydroxyl groups is 1. The van der Waals surface area contributed by atoms with Crippen molar-refractivity contribution in [2.75, 3.05) is 40.0 Å². The lowest BCUT2D eigenvalue weighted by Gasteiger charge is -2.37. The van der Waals surface area contributed by atoms with Crippen LogP contribution in [0.2, 0.25) is 0 Å². The third-order valence-corrected chi connectivity index (χ3v) is 10.6. The van der Waals surface area contributed by atoms with Gasteiger partial charge in [-0.05, 0) is 44.1 Å². The number of hydrogen-bond acceptors (Lipinski definition) is 8. The Balaban J connectivity index is 1.70. The first-order chi connectivity index (χ1) is 23.7. The first-order valence-electron chi connectivity index (χ1n) is 17.5. The number of carbonyl (C=O) groups is 4. The number of nitrogens with one attached hydrogen (secondary N) is 1. The molecule has 0 radical (unpaired) electrons. The van der Waals surface area contributed by atoms with Crippen molar-refractivity contribution in [3.05, 3.63) is 61.2 Å². The lowest BCUT2D eigenvalue weighted by atomic mass is 9.70. The number of likely N-dealkylation sites (tertiary alicyclic amines) is 1. The maximum absolute atomic E-state index is 14.5. The average Bonchev–Trinajstić information content (AvgIpc) is 3.69. The van der Waals surface area contributed by atoms with E-state index >= 15 is 0 Å². The van der Waals surface area contributed by atoms with E-state index < -0.39 is 47.7 Å². The van der Waals surface area contributed by atoms with Gasteiger partial charge < -0.3 is 34.4 Å². The molecule has 1 aromatic rings. The molecule has 0 aliphatic carbocycles. The Morgan fingerprint density at radius 3 is 2.59 bits per heavy atom. The molecule has 2 bridgehead atoms. The van der Waals surface area contributed by atoms with Crippen molar-refractivity contribution in [2.24, 2.45) is 11.8 Å². The molecule has 1 unspecified atom stereocenters. The molecule has 12 heteroatoms. The van der Waals surface area contributed by atoms with E-state index in [0.717, 1.165) is 12.8 Å². The Bertz CT molecular complexity index is 1310. The lowest BCUT2D eigenvalue weighted by Crippen LogP contribution is -2.57. The van der Waals surface area contributed by atoms with Crippen molar-refractivity contribution >= 4 is 39.6 Å². The van der Waals surface area contributed by atoms with Crippen LogP contribution in [0.5, 0.6) is 0 Å². The number of aliphatic hydroxyl groups excluding tert-OH is 1. The summed E-state index contributed by atoms with van der Waals surface area (Å²) in [4.78, 5) is 59.3. The van der Waals surface area contributed by atoms with Crippen LogP contribution in [-0.2, 0) is 33.4 Å². The van der Waals surface area contributed by atoms with Crippen LogP contribution in [0.3, 0.4) is 0 Å². The van der Waals surface area contributed by atoms with Gasteiger partial charge in [-0.25, -0.2) is 0 Å². The Hall–Kier alpha value is -3.06. The molecule has 3 saturated heterocycles. The Labute approximate surface area is 298 Å². The Kier molecular flexibility index (Phi) is 14.4. The summed E-state index contributed by atoms with van der Waals surface area (Å²) in [5.74, 6) is -3.31. The van der Waals surface area contributed by atoms with Crippen molar-refractivity contribution in [2.45, 2.75) is 93.0 Å². The number of hydrogen-bond donors (Lipinski definition) is 2. The molecule has 0 saturated carbocycles. The summed E-state index contributed by atoms with van der Waals surface area (Å²) in [7, 11) is 1.51. The monoisotopic (exact) mass is 745 g/mol. The summed E-state index contributed by atoms with van der Waals surface area (Å²) >= 11 is 3.74. The molecule has 4 rings (SSSR count). The zero-order valence-corrected chi connectivity index (χ0v) is 30.4. The fraction of sp³-hybridized carbons (Fsp3) is 0.622. The predicted molar refractivity (Wildman–Crippen MR) is 189 cm³/mol. The average molecular weight is 747 g/mol. The molecule has 3 fully saturated rings. The number of fused-ring (bicyclic) bond motifs is 1. The van der Waals surface area contributed by atoms with Gasteiger partial charge >= 0.3 is 5.97 Å². The first kappa shape index (κ1) is 38.7. The number of nitrogens with zero attached hydrogens (tertiary/aromatic N) is 2. The number of allylic oxidation sites excluding steroid dienone is 1. The minimum atomic E-state index is -1.23. The normalized spacial score (nSPS) is 26.6. The number of benzene rings is 1. The number of halogens is 1. The van der Waals surface area contributed by atoms with E-state index in [1.165, 1.54) is 7.11 Å². The van der Waals surface area contributed by atoms with Gasteiger partial charge in [-0.15, -0.1) is 13.2 Å². The van der Waals surface area contributed by atoms with Gasteiger partial charge in [0, 0.05) is 44.6 Å². The summed E-state index contributed by atoms with van der Waals surface area (Å²) in [5.41, 5.74) is -0.574. The number of rotatable bonds is 21. The molecule has 3 aliphatic rings. The summed E-state index contributed by atoms with van der Waals surface area (Å²) in [6.07, 6.45) is 6.33. The summed E-state index contributed by atoms with van der Waals surface area (Å²) in [6.45, 7) is 10.8. The van der Waals surface area contributed by atoms with E-state index in [-0.39, 0.29) is 42.2 Å². The highest BCUT2D eigenvalue weighted by Gasteiger charge is 2.77. The number of esters is 1. The second-order valence-corrected chi connectivity index (χ2v) is 14.3.